The summed E-state index contributed by atoms with van der Waals surface area (Å²) in [5, 5.41) is 13.5. The molecule has 0 bridgehead atoms. The summed E-state index contributed by atoms with van der Waals surface area (Å²) in [5.74, 6) is -0.0330. The minimum atomic E-state index is -4.60. The molecule has 1 saturated heterocycles. The highest BCUT2D eigenvalue weighted by Gasteiger charge is 2.35. The van der Waals surface area contributed by atoms with E-state index in [1.807, 2.05) is 4.90 Å². The third kappa shape index (κ3) is 5.95. The number of anilines is 1. The van der Waals surface area contributed by atoms with Crippen molar-refractivity contribution in [3.63, 3.8) is 0 Å². The molecule has 7 nitrogen and oxygen atoms in total. The van der Waals surface area contributed by atoms with Gasteiger partial charge in [0, 0.05) is 25.7 Å². The lowest BCUT2D eigenvalue weighted by atomic mass is 10.1. The van der Waals surface area contributed by atoms with E-state index in [-0.39, 0.29) is 17.6 Å². The van der Waals surface area contributed by atoms with Gasteiger partial charge in [-0.15, -0.1) is 10.2 Å². The summed E-state index contributed by atoms with van der Waals surface area (Å²) in [6, 6.07) is 7.65. The van der Waals surface area contributed by atoms with Crippen molar-refractivity contribution in [2.45, 2.75) is 38.9 Å². The monoisotopic (exact) mass is 449 g/mol. The molecule has 2 amide bonds. The number of halogens is 3. The number of aromatic nitrogens is 2. The standard InChI is InChI=1S/C22H26F3N5O2/c1-14(2)9-11-26-21(32)18-7-8-19(29-28-18)30-12-10-15(13-30)27-20(31)16-5-3-4-6-17(16)22(23,24)25/h3-8,14-15H,9-13H2,1-2H3,(H,26,32)(H,27,31). The van der Waals surface area contributed by atoms with Gasteiger partial charge in [-0.1, -0.05) is 26.0 Å². The van der Waals surface area contributed by atoms with Crippen molar-refractivity contribution in [3.05, 3.63) is 53.2 Å². The van der Waals surface area contributed by atoms with Crippen LogP contribution < -0.4 is 15.5 Å². The highest BCUT2D eigenvalue weighted by atomic mass is 19.4. The van der Waals surface area contributed by atoms with Crippen LogP contribution in [0.15, 0.2) is 36.4 Å². The molecule has 1 aliphatic rings. The van der Waals surface area contributed by atoms with E-state index < -0.39 is 23.2 Å². The fraction of sp³-hybridized carbons (Fsp3) is 0.455. The molecule has 1 aliphatic heterocycles. The molecule has 1 aromatic carbocycles. The summed E-state index contributed by atoms with van der Waals surface area (Å²) < 4.78 is 39.5. The average molecular weight is 449 g/mol. The summed E-state index contributed by atoms with van der Waals surface area (Å²) in [5.41, 5.74) is -1.14. The fourth-order valence-electron chi connectivity index (χ4n) is 3.46. The number of nitrogens with one attached hydrogen (secondary N) is 2. The lowest BCUT2D eigenvalue weighted by Crippen LogP contribution is -2.38. The number of rotatable bonds is 7. The van der Waals surface area contributed by atoms with Crippen LogP contribution in [-0.2, 0) is 6.18 Å². The van der Waals surface area contributed by atoms with E-state index in [2.05, 4.69) is 34.7 Å². The second-order valence-corrected chi connectivity index (χ2v) is 8.16. The minimum absolute atomic E-state index is 0.213. The Morgan fingerprint density at radius 1 is 1.12 bits per heavy atom. The summed E-state index contributed by atoms with van der Waals surface area (Å²) >= 11 is 0. The smallest absolute Gasteiger partial charge is 0.353 e. The van der Waals surface area contributed by atoms with Crippen LogP contribution in [0.5, 0.6) is 0 Å². The van der Waals surface area contributed by atoms with Crippen LogP contribution in [0.3, 0.4) is 0 Å². The van der Waals surface area contributed by atoms with Gasteiger partial charge < -0.3 is 15.5 Å². The predicted octanol–water partition coefficient (Wildman–Crippen LogP) is 3.28. The number of nitrogens with zero attached hydrogens (tertiary/aromatic N) is 3. The lowest BCUT2D eigenvalue weighted by molar-refractivity contribution is -0.137. The molecule has 2 aromatic rings. The molecule has 0 spiro atoms. The molecule has 10 heteroatoms. The second kappa shape index (κ2) is 9.97. The molecule has 0 aliphatic carbocycles. The van der Waals surface area contributed by atoms with Crippen LogP contribution in [0.1, 0.15) is 53.1 Å². The van der Waals surface area contributed by atoms with Gasteiger partial charge in [-0.3, -0.25) is 9.59 Å². The van der Waals surface area contributed by atoms with Crippen LogP contribution in [0.4, 0.5) is 19.0 Å². The molecule has 2 N–H and O–H groups in total. The van der Waals surface area contributed by atoms with Crippen molar-refractivity contribution < 1.29 is 22.8 Å². The van der Waals surface area contributed by atoms with E-state index in [0.717, 1.165) is 12.5 Å². The van der Waals surface area contributed by atoms with Gasteiger partial charge in [-0.05, 0) is 43.0 Å². The van der Waals surface area contributed by atoms with Gasteiger partial charge in [-0.2, -0.15) is 13.2 Å². The Morgan fingerprint density at radius 3 is 2.53 bits per heavy atom. The maximum atomic E-state index is 13.2. The zero-order chi connectivity index (χ0) is 23.3. The van der Waals surface area contributed by atoms with Gasteiger partial charge in [0.05, 0.1) is 11.1 Å². The van der Waals surface area contributed by atoms with E-state index in [0.29, 0.717) is 37.8 Å². The first-order valence-electron chi connectivity index (χ1n) is 10.5. The zero-order valence-electron chi connectivity index (χ0n) is 17.9. The molecular formula is C22H26F3N5O2. The number of alkyl halides is 3. The molecule has 1 fully saturated rings. The summed E-state index contributed by atoms with van der Waals surface area (Å²) in [4.78, 5) is 26.4. The third-order valence-electron chi connectivity index (χ3n) is 5.21. The van der Waals surface area contributed by atoms with E-state index in [1.165, 1.54) is 18.2 Å². The highest BCUT2D eigenvalue weighted by Crippen LogP contribution is 2.32. The van der Waals surface area contributed by atoms with Crippen molar-refractivity contribution in [1.82, 2.24) is 20.8 Å². The molecular weight excluding hydrogens is 423 g/mol. The number of carbonyl (C=O) groups excluding carboxylic acids is 2. The SMILES string of the molecule is CC(C)CCNC(=O)c1ccc(N2CCC(NC(=O)c3ccccc3C(F)(F)F)C2)nn1. The van der Waals surface area contributed by atoms with Gasteiger partial charge in [0.1, 0.15) is 0 Å². The zero-order valence-corrected chi connectivity index (χ0v) is 17.9. The largest absolute Gasteiger partial charge is 0.417 e. The normalized spacial score (nSPS) is 16.3. The molecule has 0 radical (unpaired) electrons. The lowest BCUT2D eigenvalue weighted by Gasteiger charge is -2.18. The minimum Gasteiger partial charge on any atom is -0.353 e. The molecule has 32 heavy (non-hydrogen) atoms. The topological polar surface area (TPSA) is 87.2 Å². The third-order valence-corrected chi connectivity index (χ3v) is 5.21. The molecule has 0 saturated carbocycles. The first kappa shape index (κ1) is 23.5. The average Bonchev–Trinajstić information content (AvgIpc) is 3.21. The maximum Gasteiger partial charge on any atom is 0.417 e. The molecule has 2 heterocycles. The number of hydrogen-bond donors (Lipinski definition) is 2. The van der Waals surface area contributed by atoms with Crippen molar-refractivity contribution in [2.24, 2.45) is 5.92 Å². The fourth-order valence-corrected chi connectivity index (χ4v) is 3.46. The van der Waals surface area contributed by atoms with E-state index in [1.54, 1.807) is 12.1 Å². The first-order valence-corrected chi connectivity index (χ1v) is 10.5. The number of carbonyl (C=O) groups is 2. The first-order chi connectivity index (χ1) is 15.1. The molecule has 1 unspecified atom stereocenters. The van der Waals surface area contributed by atoms with Gasteiger partial charge in [0.2, 0.25) is 0 Å². The number of benzene rings is 1. The molecule has 172 valence electrons. The van der Waals surface area contributed by atoms with Crippen molar-refractivity contribution in [1.29, 1.82) is 0 Å². The molecule has 3 rings (SSSR count). The van der Waals surface area contributed by atoms with Crippen molar-refractivity contribution in [3.8, 4) is 0 Å². The Kier molecular flexibility index (Phi) is 7.32. The van der Waals surface area contributed by atoms with Gasteiger partial charge >= 0.3 is 6.18 Å². The Hall–Kier alpha value is -3.17. The Bertz CT molecular complexity index is 947. The van der Waals surface area contributed by atoms with Crippen LogP contribution in [0.25, 0.3) is 0 Å². The van der Waals surface area contributed by atoms with Crippen LogP contribution in [-0.4, -0.2) is 47.7 Å². The second-order valence-electron chi connectivity index (χ2n) is 8.16. The molecule has 1 atom stereocenters. The van der Waals surface area contributed by atoms with Crippen LogP contribution in [0.2, 0.25) is 0 Å². The van der Waals surface area contributed by atoms with E-state index >= 15 is 0 Å². The van der Waals surface area contributed by atoms with Gasteiger partial charge in [0.25, 0.3) is 11.8 Å². The maximum absolute atomic E-state index is 13.2. The summed E-state index contributed by atoms with van der Waals surface area (Å²) in [7, 11) is 0. The van der Waals surface area contributed by atoms with E-state index in [9.17, 15) is 22.8 Å². The Morgan fingerprint density at radius 2 is 1.88 bits per heavy atom. The van der Waals surface area contributed by atoms with Crippen molar-refractivity contribution in [2.75, 3.05) is 24.5 Å². The van der Waals surface area contributed by atoms with Gasteiger partial charge in [-0.25, -0.2) is 0 Å². The predicted molar refractivity (Wildman–Crippen MR) is 113 cm³/mol. The Balaban J connectivity index is 1.57. The highest BCUT2D eigenvalue weighted by molar-refractivity contribution is 5.96. The van der Waals surface area contributed by atoms with Crippen LogP contribution in [0, 0.1) is 5.92 Å². The summed E-state index contributed by atoms with van der Waals surface area (Å²) in [6.45, 7) is 5.64. The quantitative estimate of drug-likeness (QED) is 0.678. The number of amides is 2. The van der Waals surface area contributed by atoms with Crippen LogP contribution >= 0.6 is 0 Å². The summed E-state index contributed by atoms with van der Waals surface area (Å²) in [6.07, 6.45) is -3.18. The number of hydrogen-bond acceptors (Lipinski definition) is 5. The van der Waals surface area contributed by atoms with Crippen molar-refractivity contribution >= 4 is 17.6 Å². The van der Waals surface area contributed by atoms with E-state index in [4.69, 9.17) is 0 Å². The molecule has 1 aromatic heterocycles. The van der Waals surface area contributed by atoms with Gasteiger partial charge in [0.15, 0.2) is 11.5 Å². The Labute approximate surface area is 184 Å².